The molecular weight excluding hydrogens is 236 g/mol. The highest BCUT2D eigenvalue weighted by Crippen LogP contribution is 2.24. The summed E-state index contributed by atoms with van der Waals surface area (Å²) in [4.78, 5) is 14.5. The number of likely N-dealkylation sites (tertiary alicyclic amines) is 1. The minimum atomic E-state index is 0.267. The van der Waals surface area contributed by atoms with Gasteiger partial charge < -0.3 is 10.6 Å². The first-order valence-electron chi connectivity index (χ1n) is 7.24. The van der Waals surface area contributed by atoms with Crippen molar-refractivity contribution in [2.45, 2.75) is 58.0 Å². The fourth-order valence-corrected chi connectivity index (χ4v) is 3.05. The first-order chi connectivity index (χ1) is 9.09. The van der Waals surface area contributed by atoms with Crippen LogP contribution in [0.5, 0.6) is 0 Å². The number of hydrogen-bond donors (Lipinski definition) is 1. The largest absolute Gasteiger partial charge is 0.399 e. The van der Waals surface area contributed by atoms with Crippen LogP contribution in [-0.4, -0.2) is 22.9 Å². The number of anilines is 1. The van der Waals surface area contributed by atoms with E-state index in [1.165, 1.54) is 6.42 Å². The number of carbonyl (C=O) groups is 1. The van der Waals surface area contributed by atoms with Gasteiger partial charge in [-0.25, -0.2) is 0 Å². The summed E-state index contributed by atoms with van der Waals surface area (Å²) in [5, 5.41) is 0. The molecule has 0 aliphatic carbocycles. The Hall–Kier alpha value is -1.51. The number of benzene rings is 1. The van der Waals surface area contributed by atoms with E-state index in [0.717, 1.165) is 30.5 Å². The van der Waals surface area contributed by atoms with Crippen molar-refractivity contribution in [3.05, 3.63) is 29.8 Å². The monoisotopic (exact) mass is 260 g/mol. The lowest BCUT2D eigenvalue weighted by Gasteiger charge is -2.39. The Morgan fingerprint density at radius 3 is 2.53 bits per heavy atom. The molecule has 1 amide bonds. The predicted molar refractivity (Wildman–Crippen MR) is 78.8 cm³/mol. The highest BCUT2D eigenvalue weighted by Gasteiger charge is 2.28. The molecule has 0 aromatic heterocycles. The summed E-state index contributed by atoms with van der Waals surface area (Å²) >= 11 is 0. The second-order valence-corrected chi connectivity index (χ2v) is 5.63. The molecule has 1 aliphatic rings. The number of aryl methyl sites for hydroxylation is 1. The number of piperidine rings is 1. The average Bonchev–Trinajstić information content (AvgIpc) is 2.37. The Kier molecular flexibility index (Phi) is 4.46. The molecule has 104 valence electrons. The van der Waals surface area contributed by atoms with Crippen molar-refractivity contribution in [3.8, 4) is 0 Å². The second kappa shape index (κ2) is 6.09. The van der Waals surface area contributed by atoms with Crippen LogP contribution in [-0.2, 0) is 11.2 Å². The third kappa shape index (κ3) is 3.28. The number of carbonyl (C=O) groups excluding carboxylic acids is 1. The molecule has 2 rings (SSSR count). The molecule has 1 saturated heterocycles. The minimum Gasteiger partial charge on any atom is -0.399 e. The standard InChI is InChI=1S/C16H24N2O/c1-12-6-5-7-13(2)18(12)16(19)11-10-14-8-3-4-9-15(14)17/h3-4,8-9,12-13H,5-7,10-11,17H2,1-2H3/t12-,13+. The van der Waals surface area contributed by atoms with E-state index in [-0.39, 0.29) is 5.91 Å². The van der Waals surface area contributed by atoms with Gasteiger partial charge in [-0.05, 0) is 51.2 Å². The smallest absolute Gasteiger partial charge is 0.223 e. The molecule has 2 N–H and O–H groups in total. The van der Waals surface area contributed by atoms with E-state index in [9.17, 15) is 4.79 Å². The molecule has 1 aromatic rings. The number of nitrogen functional groups attached to an aromatic ring is 1. The van der Waals surface area contributed by atoms with Crippen LogP contribution in [0.15, 0.2) is 24.3 Å². The Labute approximate surface area is 115 Å². The van der Waals surface area contributed by atoms with Crippen LogP contribution in [0.4, 0.5) is 5.69 Å². The third-order valence-electron chi connectivity index (χ3n) is 4.14. The normalized spacial score (nSPS) is 23.4. The number of hydrogen-bond acceptors (Lipinski definition) is 2. The molecule has 1 fully saturated rings. The lowest BCUT2D eigenvalue weighted by Crippen LogP contribution is -2.47. The van der Waals surface area contributed by atoms with Gasteiger partial charge in [0, 0.05) is 24.2 Å². The SMILES string of the molecule is C[C@@H]1CCC[C@H](C)N1C(=O)CCc1ccccc1N. The molecule has 3 nitrogen and oxygen atoms in total. The molecule has 19 heavy (non-hydrogen) atoms. The second-order valence-electron chi connectivity index (χ2n) is 5.63. The first kappa shape index (κ1) is 13.9. The zero-order chi connectivity index (χ0) is 13.8. The van der Waals surface area contributed by atoms with Crippen LogP contribution in [0.1, 0.15) is 45.1 Å². The summed E-state index contributed by atoms with van der Waals surface area (Å²) in [6, 6.07) is 8.56. The Balaban J connectivity index is 1.95. The van der Waals surface area contributed by atoms with Gasteiger partial charge in [-0.1, -0.05) is 18.2 Å². The third-order valence-corrected chi connectivity index (χ3v) is 4.14. The van der Waals surface area contributed by atoms with Crippen molar-refractivity contribution < 1.29 is 4.79 Å². The van der Waals surface area contributed by atoms with Gasteiger partial charge in [-0.15, -0.1) is 0 Å². The molecule has 0 spiro atoms. The van der Waals surface area contributed by atoms with E-state index >= 15 is 0 Å². The first-order valence-corrected chi connectivity index (χ1v) is 7.24. The maximum atomic E-state index is 12.4. The molecule has 0 unspecified atom stereocenters. The molecule has 1 aromatic carbocycles. The summed E-state index contributed by atoms with van der Waals surface area (Å²) in [6.45, 7) is 4.31. The molecule has 0 saturated carbocycles. The highest BCUT2D eigenvalue weighted by molar-refractivity contribution is 5.77. The summed E-state index contributed by atoms with van der Waals surface area (Å²) < 4.78 is 0. The number of nitrogens with zero attached hydrogens (tertiary/aromatic N) is 1. The van der Waals surface area contributed by atoms with E-state index in [4.69, 9.17) is 5.73 Å². The van der Waals surface area contributed by atoms with Crippen LogP contribution in [0, 0.1) is 0 Å². The van der Waals surface area contributed by atoms with Gasteiger partial charge in [0.1, 0.15) is 0 Å². The number of nitrogens with two attached hydrogens (primary N) is 1. The number of rotatable bonds is 3. The van der Waals surface area contributed by atoms with E-state index < -0.39 is 0 Å². The van der Waals surface area contributed by atoms with Crippen molar-refractivity contribution in [3.63, 3.8) is 0 Å². The predicted octanol–water partition coefficient (Wildman–Crippen LogP) is 2.99. The summed E-state index contributed by atoms with van der Waals surface area (Å²) in [7, 11) is 0. The fraction of sp³-hybridized carbons (Fsp3) is 0.562. The van der Waals surface area contributed by atoms with Gasteiger partial charge in [0.15, 0.2) is 0 Å². The average molecular weight is 260 g/mol. The van der Waals surface area contributed by atoms with Gasteiger partial charge >= 0.3 is 0 Å². The topological polar surface area (TPSA) is 46.3 Å². The van der Waals surface area contributed by atoms with Crippen LogP contribution < -0.4 is 5.73 Å². The van der Waals surface area contributed by atoms with Crippen LogP contribution in [0.3, 0.4) is 0 Å². The molecular formula is C16H24N2O. The summed E-state index contributed by atoms with van der Waals surface area (Å²) in [6.07, 6.45) is 4.79. The van der Waals surface area contributed by atoms with E-state index in [1.54, 1.807) is 0 Å². The minimum absolute atomic E-state index is 0.267. The zero-order valence-electron chi connectivity index (χ0n) is 11.9. The van der Waals surface area contributed by atoms with E-state index in [1.807, 2.05) is 24.3 Å². The van der Waals surface area contributed by atoms with Crippen molar-refractivity contribution in [1.82, 2.24) is 4.90 Å². The van der Waals surface area contributed by atoms with Crippen molar-refractivity contribution >= 4 is 11.6 Å². The van der Waals surface area contributed by atoms with Crippen LogP contribution in [0.25, 0.3) is 0 Å². The van der Waals surface area contributed by atoms with Crippen molar-refractivity contribution in [1.29, 1.82) is 0 Å². The lowest BCUT2D eigenvalue weighted by atomic mass is 9.96. The molecule has 0 bridgehead atoms. The number of para-hydroxylation sites is 1. The van der Waals surface area contributed by atoms with E-state index in [0.29, 0.717) is 18.5 Å². The lowest BCUT2D eigenvalue weighted by molar-refractivity contribution is -0.137. The highest BCUT2D eigenvalue weighted by atomic mass is 16.2. The zero-order valence-corrected chi connectivity index (χ0v) is 11.9. The Morgan fingerprint density at radius 2 is 1.89 bits per heavy atom. The Morgan fingerprint density at radius 1 is 1.26 bits per heavy atom. The van der Waals surface area contributed by atoms with Gasteiger partial charge in [0.05, 0.1) is 0 Å². The molecule has 1 heterocycles. The van der Waals surface area contributed by atoms with Crippen LogP contribution >= 0.6 is 0 Å². The number of amides is 1. The van der Waals surface area contributed by atoms with Gasteiger partial charge in [-0.3, -0.25) is 4.79 Å². The Bertz CT molecular complexity index is 434. The molecule has 1 aliphatic heterocycles. The molecule has 3 heteroatoms. The molecule has 2 atom stereocenters. The van der Waals surface area contributed by atoms with Gasteiger partial charge in [0.2, 0.25) is 5.91 Å². The summed E-state index contributed by atoms with van der Waals surface area (Å²) in [5.74, 6) is 0.267. The van der Waals surface area contributed by atoms with Gasteiger partial charge in [-0.2, -0.15) is 0 Å². The van der Waals surface area contributed by atoms with Crippen molar-refractivity contribution in [2.24, 2.45) is 0 Å². The maximum absolute atomic E-state index is 12.4. The van der Waals surface area contributed by atoms with Gasteiger partial charge in [0.25, 0.3) is 0 Å². The van der Waals surface area contributed by atoms with Crippen molar-refractivity contribution in [2.75, 3.05) is 5.73 Å². The van der Waals surface area contributed by atoms with E-state index in [2.05, 4.69) is 18.7 Å². The fourth-order valence-electron chi connectivity index (χ4n) is 3.05. The maximum Gasteiger partial charge on any atom is 0.223 e. The molecule has 0 radical (unpaired) electrons. The quantitative estimate of drug-likeness (QED) is 0.849. The van der Waals surface area contributed by atoms with Crippen LogP contribution in [0.2, 0.25) is 0 Å². The summed E-state index contributed by atoms with van der Waals surface area (Å²) in [5.41, 5.74) is 7.78.